The summed E-state index contributed by atoms with van der Waals surface area (Å²) in [5.74, 6) is -1.95. The van der Waals surface area contributed by atoms with E-state index in [-0.39, 0.29) is 38.8 Å². The molecule has 3 rings (SSSR count). The molecule has 2 unspecified atom stereocenters. The van der Waals surface area contributed by atoms with E-state index in [4.69, 9.17) is 14.0 Å². The summed E-state index contributed by atoms with van der Waals surface area (Å²) >= 11 is 0. The molecule has 3 aromatic rings. The number of rotatable bonds is 15. The summed E-state index contributed by atoms with van der Waals surface area (Å²) in [6.45, 7) is -0.131. The maximum absolute atomic E-state index is 12.8. The van der Waals surface area contributed by atoms with Crippen LogP contribution in [0.3, 0.4) is 0 Å². The number of aryl methyl sites for hydroxylation is 1. The lowest BCUT2D eigenvalue weighted by atomic mass is 10.0. The molecule has 37 heavy (non-hydrogen) atoms. The summed E-state index contributed by atoms with van der Waals surface area (Å²) in [4.78, 5) is 35.4. The van der Waals surface area contributed by atoms with Crippen molar-refractivity contribution in [3.63, 3.8) is 0 Å². The van der Waals surface area contributed by atoms with E-state index in [1.807, 2.05) is 91.0 Å². The number of carbonyl (C=O) groups excluding carboxylic acids is 2. The molecule has 196 valence electrons. The Morgan fingerprint density at radius 1 is 0.757 bits per heavy atom. The Morgan fingerprint density at radius 2 is 1.27 bits per heavy atom. The van der Waals surface area contributed by atoms with Crippen molar-refractivity contribution in [1.29, 1.82) is 0 Å². The van der Waals surface area contributed by atoms with E-state index in [0.29, 0.717) is 12.8 Å². The number of carbonyl (C=O) groups is 2. The van der Waals surface area contributed by atoms with Crippen molar-refractivity contribution in [3.05, 3.63) is 108 Å². The van der Waals surface area contributed by atoms with Gasteiger partial charge >= 0.3 is 19.5 Å². The van der Waals surface area contributed by atoms with Crippen LogP contribution in [0, 0.1) is 5.92 Å². The topological polar surface area (TPSA) is 99.1 Å². The molecule has 0 bridgehead atoms. The summed E-state index contributed by atoms with van der Waals surface area (Å²) < 4.78 is 28.6. The third-order valence-corrected chi connectivity index (χ3v) is 7.16. The quantitative estimate of drug-likeness (QED) is 0.201. The summed E-state index contributed by atoms with van der Waals surface area (Å²) in [5, 5.41) is 0. The Morgan fingerprint density at radius 3 is 1.84 bits per heavy atom. The summed E-state index contributed by atoms with van der Waals surface area (Å²) in [6, 6.07) is 28.1. The molecule has 0 amide bonds. The monoisotopic (exact) mass is 524 g/mol. The van der Waals surface area contributed by atoms with Gasteiger partial charge in [-0.15, -0.1) is 0 Å². The Labute approximate surface area is 217 Å². The van der Waals surface area contributed by atoms with Gasteiger partial charge in [0, 0.05) is 6.42 Å². The van der Waals surface area contributed by atoms with E-state index in [9.17, 15) is 19.0 Å². The number of benzene rings is 3. The van der Waals surface area contributed by atoms with Gasteiger partial charge in [-0.05, 0) is 36.0 Å². The highest BCUT2D eigenvalue weighted by Gasteiger charge is 2.27. The van der Waals surface area contributed by atoms with Gasteiger partial charge in [-0.25, -0.2) is 0 Å². The molecule has 0 saturated heterocycles. The molecule has 2 atom stereocenters. The number of hydrogen-bond donors (Lipinski definition) is 1. The first kappa shape index (κ1) is 28.3. The smallest absolute Gasteiger partial charge is 0.328 e. The lowest BCUT2D eigenvalue weighted by Gasteiger charge is -2.18. The zero-order valence-electron chi connectivity index (χ0n) is 20.7. The van der Waals surface area contributed by atoms with Gasteiger partial charge in [-0.3, -0.25) is 14.2 Å². The minimum absolute atomic E-state index is 0.0349. The fraction of sp³-hybridized carbons (Fsp3) is 0.310. The molecule has 0 aliphatic heterocycles. The largest absolute Gasteiger partial charge is 0.461 e. The van der Waals surface area contributed by atoms with Gasteiger partial charge in [-0.1, -0.05) is 91.0 Å². The van der Waals surface area contributed by atoms with Crippen LogP contribution in [0.15, 0.2) is 91.0 Å². The average molecular weight is 525 g/mol. The van der Waals surface area contributed by atoms with Crippen molar-refractivity contribution >= 4 is 19.5 Å². The van der Waals surface area contributed by atoms with E-state index in [0.717, 1.165) is 16.7 Å². The molecule has 1 N–H and O–H groups in total. The van der Waals surface area contributed by atoms with Gasteiger partial charge in [0.2, 0.25) is 0 Å². The van der Waals surface area contributed by atoms with Gasteiger partial charge in [0.05, 0.1) is 18.7 Å². The highest BCUT2D eigenvalue weighted by atomic mass is 31.2. The first-order valence-corrected chi connectivity index (χ1v) is 14.1. The van der Waals surface area contributed by atoms with Gasteiger partial charge < -0.3 is 18.9 Å². The van der Waals surface area contributed by atoms with E-state index >= 15 is 0 Å². The van der Waals surface area contributed by atoms with Gasteiger partial charge in [-0.2, -0.15) is 0 Å². The second-order valence-electron chi connectivity index (χ2n) is 8.72. The van der Waals surface area contributed by atoms with Crippen LogP contribution in [-0.4, -0.2) is 29.6 Å². The lowest BCUT2D eigenvalue weighted by Crippen LogP contribution is -2.24. The highest BCUT2D eigenvalue weighted by molar-refractivity contribution is 7.52. The van der Waals surface area contributed by atoms with Crippen molar-refractivity contribution in [3.8, 4) is 0 Å². The molecule has 0 heterocycles. The molecule has 7 nitrogen and oxygen atoms in total. The van der Waals surface area contributed by atoms with Crippen LogP contribution in [0.4, 0.5) is 0 Å². The van der Waals surface area contributed by atoms with Crippen LogP contribution in [0.5, 0.6) is 0 Å². The van der Waals surface area contributed by atoms with Crippen LogP contribution in [0.1, 0.15) is 36.0 Å². The summed E-state index contributed by atoms with van der Waals surface area (Å²) in [7, 11) is -3.92. The molecule has 0 aliphatic carbocycles. The predicted molar refractivity (Wildman–Crippen MR) is 141 cm³/mol. The normalized spacial score (nSPS) is 13.3. The standard InChI is InChI=1S/C29H33O7P/c30-28(34-21-25-13-6-2-7-14-25)19-18-27(29(31)35-22-26-15-8-3-9-16-26)23-36-37(32,33)20-10-17-24-11-4-1-5-12-24/h1-9,11-16,27H,10,17-23H2,(H,32,33). The molecule has 8 heteroatoms. The van der Waals surface area contributed by atoms with Crippen LogP contribution in [-0.2, 0) is 47.8 Å². The summed E-state index contributed by atoms with van der Waals surface area (Å²) in [5.41, 5.74) is 2.74. The molecule has 0 aromatic heterocycles. The third kappa shape index (κ3) is 11.1. The Bertz CT molecular complexity index is 1140. The molecule has 3 aromatic carbocycles. The zero-order chi connectivity index (χ0) is 26.3. The van der Waals surface area contributed by atoms with Crippen molar-refractivity contribution in [1.82, 2.24) is 0 Å². The molecular formula is C29H33O7P. The van der Waals surface area contributed by atoms with E-state index < -0.39 is 25.5 Å². The van der Waals surface area contributed by atoms with E-state index in [1.54, 1.807) is 0 Å². The molecule has 0 spiro atoms. The van der Waals surface area contributed by atoms with Crippen molar-refractivity contribution < 1.29 is 33.0 Å². The van der Waals surface area contributed by atoms with Crippen LogP contribution < -0.4 is 0 Å². The number of hydrogen-bond acceptors (Lipinski definition) is 6. The minimum atomic E-state index is -3.92. The first-order valence-electron chi connectivity index (χ1n) is 12.3. The fourth-order valence-corrected chi connectivity index (χ4v) is 4.72. The Kier molecular flexibility index (Phi) is 11.6. The van der Waals surface area contributed by atoms with Gasteiger partial charge in [0.1, 0.15) is 13.2 Å². The summed E-state index contributed by atoms with van der Waals surface area (Å²) in [6.07, 6.45) is 1.10. The zero-order valence-corrected chi connectivity index (χ0v) is 21.6. The highest BCUT2D eigenvalue weighted by Crippen LogP contribution is 2.43. The number of esters is 2. The SMILES string of the molecule is O=C(CCC(COP(=O)(O)CCCc1ccccc1)C(=O)OCc1ccccc1)OCc1ccccc1. The van der Waals surface area contributed by atoms with E-state index in [1.165, 1.54) is 0 Å². The van der Waals surface area contributed by atoms with Crippen molar-refractivity contribution in [2.75, 3.05) is 12.8 Å². The molecule has 0 fully saturated rings. The second kappa shape index (κ2) is 15.1. The second-order valence-corrected chi connectivity index (χ2v) is 10.7. The van der Waals surface area contributed by atoms with E-state index in [2.05, 4.69) is 0 Å². The third-order valence-electron chi connectivity index (χ3n) is 5.72. The molecular weight excluding hydrogens is 491 g/mol. The van der Waals surface area contributed by atoms with Crippen molar-refractivity contribution in [2.24, 2.45) is 5.92 Å². The average Bonchev–Trinajstić information content (AvgIpc) is 2.92. The maximum atomic E-state index is 12.8. The molecule has 0 radical (unpaired) electrons. The predicted octanol–water partition coefficient (Wildman–Crippen LogP) is 5.70. The fourth-order valence-electron chi connectivity index (χ4n) is 3.62. The Hall–Kier alpha value is -3.25. The van der Waals surface area contributed by atoms with Crippen LogP contribution >= 0.6 is 7.60 Å². The molecule has 0 saturated carbocycles. The van der Waals surface area contributed by atoms with Crippen LogP contribution in [0.25, 0.3) is 0 Å². The lowest BCUT2D eigenvalue weighted by molar-refractivity contribution is -0.152. The Balaban J connectivity index is 1.51. The maximum Gasteiger partial charge on any atom is 0.328 e. The number of ether oxygens (including phenoxy) is 2. The van der Waals surface area contributed by atoms with Crippen LogP contribution in [0.2, 0.25) is 0 Å². The first-order chi connectivity index (χ1) is 17.9. The minimum Gasteiger partial charge on any atom is -0.461 e. The van der Waals surface area contributed by atoms with Crippen molar-refractivity contribution in [2.45, 2.75) is 38.9 Å². The van der Waals surface area contributed by atoms with Gasteiger partial charge in [0.25, 0.3) is 0 Å². The molecule has 0 aliphatic rings. The van der Waals surface area contributed by atoms with Gasteiger partial charge in [0.15, 0.2) is 0 Å².